The van der Waals surface area contributed by atoms with Gasteiger partial charge in [-0.25, -0.2) is 0 Å². The normalized spacial score (nSPS) is 12.6. The van der Waals surface area contributed by atoms with Crippen LogP contribution in [0, 0.1) is 0 Å². The molecule has 1 rings (SSSR count). The van der Waals surface area contributed by atoms with Crippen molar-refractivity contribution in [3.05, 3.63) is 47.7 Å². The zero-order valence-electron chi connectivity index (χ0n) is 15.6. The second kappa shape index (κ2) is 14.8. The van der Waals surface area contributed by atoms with Crippen LogP contribution in [0.25, 0.3) is 0 Å². The van der Waals surface area contributed by atoms with E-state index in [-0.39, 0.29) is 0 Å². The number of aliphatic hydroxyl groups excluding tert-OH is 1. The molecule has 1 aromatic carbocycles. The van der Waals surface area contributed by atoms with Gasteiger partial charge in [0, 0.05) is 7.11 Å². The fourth-order valence-corrected chi connectivity index (χ4v) is 11.0. The number of allylic oxidation sites excluding steroid dienone is 1. The Morgan fingerprint density at radius 2 is 1.61 bits per heavy atom. The Hall–Kier alpha value is -0.737. The predicted octanol–water partition coefficient (Wildman–Crippen LogP) is 5.56. The first-order valence-electron chi connectivity index (χ1n) is 8.78. The molecule has 1 aromatic rings. The van der Waals surface area contributed by atoms with E-state index in [1.807, 2.05) is 6.26 Å². The summed E-state index contributed by atoms with van der Waals surface area (Å²) in [5.74, 6) is 0. The SMILES string of the molecule is CCC[CH2][Ge]([CH2]CCC)[CH](/C(C)=C\OC)c1ccccc1.CO. The molecular weight excluding hydrogens is 345 g/mol. The van der Waals surface area contributed by atoms with Crippen molar-refractivity contribution in [2.24, 2.45) is 0 Å². The van der Waals surface area contributed by atoms with Crippen LogP contribution in [0.15, 0.2) is 42.2 Å². The standard InChI is InChI=1S/C19H31GeO.CH4O/c1-5-7-14-20(15-8-6-2)19(17(3)16-21-4)18-12-10-9-11-13-18;1-2/h9-13,16,19H,5-8,14-15H2,1-4H3;2H,1H3/b17-16-;. The molecule has 0 aromatic heterocycles. The van der Waals surface area contributed by atoms with Crippen LogP contribution in [0.4, 0.5) is 0 Å². The average molecular weight is 380 g/mol. The summed E-state index contributed by atoms with van der Waals surface area (Å²) in [7, 11) is 2.77. The number of hydrogen-bond donors (Lipinski definition) is 1. The Morgan fingerprint density at radius 1 is 1.09 bits per heavy atom. The molecule has 23 heavy (non-hydrogen) atoms. The Labute approximate surface area is 148 Å². The molecule has 0 spiro atoms. The van der Waals surface area contributed by atoms with Gasteiger partial charge in [0.2, 0.25) is 0 Å². The first-order valence-corrected chi connectivity index (χ1v) is 13.0. The van der Waals surface area contributed by atoms with Crippen molar-refractivity contribution in [3.63, 3.8) is 0 Å². The van der Waals surface area contributed by atoms with Gasteiger partial charge in [-0.15, -0.1) is 0 Å². The summed E-state index contributed by atoms with van der Waals surface area (Å²) in [6, 6.07) is 11.1. The summed E-state index contributed by atoms with van der Waals surface area (Å²) in [6.07, 6.45) is 7.39. The maximum absolute atomic E-state index is 7.00. The van der Waals surface area contributed by atoms with E-state index < -0.39 is 14.3 Å². The smallest absolute Gasteiger partial charge is 0.0319 e. The number of methoxy groups -OCH3 is 1. The Morgan fingerprint density at radius 3 is 2.04 bits per heavy atom. The van der Waals surface area contributed by atoms with Gasteiger partial charge in [0.25, 0.3) is 0 Å². The van der Waals surface area contributed by atoms with Gasteiger partial charge < -0.3 is 5.11 Å². The Balaban J connectivity index is 0.00000232. The predicted molar refractivity (Wildman–Crippen MR) is 103 cm³/mol. The van der Waals surface area contributed by atoms with E-state index in [2.05, 4.69) is 51.1 Å². The van der Waals surface area contributed by atoms with Crippen LogP contribution in [-0.4, -0.2) is 33.7 Å². The molecule has 0 amide bonds. The van der Waals surface area contributed by atoms with E-state index in [1.54, 1.807) is 7.11 Å². The zero-order valence-corrected chi connectivity index (χ0v) is 17.7. The van der Waals surface area contributed by atoms with Gasteiger partial charge in [-0.05, 0) is 0 Å². The number of ether oxygens (including phenoxy) is 1. The van der Waals surface area contributed by atoms with E-state index >= 15 is 0 Å². The molecule has 2 nitrogen and oxygen atoms in total. The van der Waals surface area contributed by atoms with Crippen molar-refractivity contribution in [1.82, 2.24) is 0 Å². The van der Waals surface area contributed by atoms with Crippen molar-refractivity contribution in [2.45, 2.75) is 61.7 Å². The average Bonchev–Trinajstić information content (AvgIpc) is 2.60. The first-order chi connectivity index (χ1) is 11.2. The van der Waals surface area contributed by atoms with Crippen molar-refractivity contribution in [2.75, 3.05) is 14.2 Å². The minimum atomic E-state index is -1.16. The second-order valence-corrected chi connectivity index (χ2v) is 11.9. The molecule has 0 bridgehead atoms. The number of aliphatic hydroxyl groups is 1. The fourth-order valence-electron chi connectivity index (χ4n) is 2.94. The van der Waals surface area contributed by atoms with Crippen LogP contribution < -0.4 is 0 Å². The number of unbranched alkanes of at least 4 members (excludes halogenated alkanes) is 2. The number of hydrogen-bond acceptors (Lipinski definition) is 2. The van der Waals surface area contributed by atoms with Crippen LogP contribution in [0.1, 0.15) is 56.8 Å². The molecule has 0 saturated carbocycles. The molecule has 0 saturated heterocycles. The third-order valence-electron chi connectivity index (χ3n) is 4.00. The van der Waals surface area contributed by atoms with Crippen molar-refractivity contribution >= 4 is 14.3 Å². The van der Waals surface area contributed by atoms with Crippen LogP contribution in [0.2, 0.25) is 10.5 Å². The molecule has 3 heteroatoms. The molecule has 0 aliphatic heterocycles. The molecule has 0 heterocycles. The minimum absolute atomic E-state index is 0.657. The van der Waals surface area contributed by atoms with Crippen LogP contribution >= 0.6 is 0 Å². The van der Waals surface area contributed by atoms with Gasteiger partial charge in [-0.3, -0.25) is 0 Å². The number of benzene rings is 1. The third-order valence-corrected chi connectivity index (χ3v) is 11.5. The summed E-state index contributed by atoms with van der Waals surface area (Å²) in [5, 5.41) is 9.95. The van der Waals surface area contributed by atoms with Gasteiger partial charge in [-0.2, -0.15) is 0 Å². The molecule has 0 aliphatic carbocycles. The van der Waals surface area contributed by atoms with Gasteiger partial charge in [-0.1, -0.05) is 0 Å². The van der Waals surface area contributed by atoms with Crippen molar-refractivity contribution in [3.8, 4) is 0 Å². The topological polar surface area (TPSA) is 29.5 Å². The van der Waals surface area contributed by atoms with Crippen LogP contribution in [0.5, 0.6) is 0 Å². The largest absolute Gasteiger partial charge is 0.400 e. The number of rotatable bonds is 10. The van der Waals surface area contributed by atoms with Gasteiger partial charge in [0.05, 0.1) is 0 Å². The Kier molecular flexibility index (Phi) is 14.4. The fraction of sp³-hybridized carbons (Fsp3) is 0.600. The molecule has 0 aliphatic rings. The quantitative estimate of drug-likeness (QED) is 0.425. The second-order valence-electron chi connectivity index (χ2n) is 5.81. The van der Waals surface area contributed by atoms with E-state index in [0.29, 0.717) is 4.75 Å². The molecule has 1 unspecified atom stereocenters. The molecule has 1 radical (unpaired) electrons. The van der Waals surface area contributed by atoms with Crippen LogP contribution in [-0.2, 0) is 4.74 Å². The van der Waals surface area contributed by atoms with Crippen molar-refractivity contribution < 1.29 is 9.84 Å². The van der Waals surface area contributed by atoms with Gasteiger partial charge in [0.15, 0.2) is 0 Å². The first kappa shape index (κ1) is 22.3. The summed E-state index contributed by atoms with van der Waals surface area (Å²) in [4.78, 5) is 0. The van der Waals surface area contributed by atoms with Crippen LogP contribution in [0.3, 0.4) is 0 Å². The molecule has 131 valence electrons. The zero-order chi connectivity index (χ0) is 17.5. The monoisotopic (exact) mass is 381 g/mol. The van der Waals surface area contributed by atoms with Gasteiger partial charge in [0.1, 0.15) is 0 Å². The van der Waals surface area contributed by atoms with E-state index in [4.69, 9.17) is 9.84 Å². The van der Waals surface area contributed by atoms with E-state index in [1.165, 1.54) is 47.3 Å². The van der Waals surface area contributed by atoms with Gasteiger partial charge >= 0.3 is 136 Å². The molecule has 1 N–H and O–H groups in total. The minimum Gasteiger partial charge on any atom is -0.400 e. The van der Waals surface area contributed by atoms with Crippen molar-refractivity contribution in [1.29, 1.82) is 0 Å². The summed E-state index contributed by atoms with van der Waals surface area (Å²) < 4.78 is 5.99. The molecule has 1 atom stereocenters. The Bertz CT molecular complexity index is 395. The third kappa shape index (κ3) is 8.61. The van der Waals surface area contributed by atoms with E-state index in [0.717, 1.165) is 7.11 Å². The maximum Gasteiger partial charge on any atom is 0.0319 e. The molecule has 0 fully saturated rings. The summed E-state index contributed by atoms with van der Waals surface area (Å²) in [5.41, 5.74) is 2.93. The summed E-state index contributed by atoms with van der Waals surface area (Å²) in [6.45, 7) is 6.88. The maximum atomic E-state index is 7.00. The van der Waals surface area contributed by atoms with E-state index in [9.17, 15) is 0 Å². The molecular formula is C20H35GeO2. The summed E-state index contributed by atoms with van der Waals surface area (Å²) >= 11 is -1.16.